The molecule has 0 saturated carbocycles. The van der Waals surface area contributed by atoms with E-state index in [0.29, 0.717) is 30.8 Å². The fourth-order valence-corrected chi connectivity index (χ4v) is 4.99. The van der Waals surface area contributed by atoms with Gasteiger partial charge in [-0.05, 0) is 60.2 Å². The molecule has 6 rings (SSSR count). The highest BCUT2D eigenvalue weighted by atomic mass is 35.5. The molecule has 0 unspecified atom stereocenters. The number of fused-ring (bicyclic) bond motifs is 3. The molecule has 4 N–H and O–H groups in total. The Kier molecular flexibility index (Phi) is 11.1. The Bertz CT molecular complexity index is 1880. The van der Waals surface area contributed by atoms with E-state index in [1.807, 2.05) is 38.1 Å². The van der Waals surface area contributed by atoms with Crippen LogP contribution >= 0.6 is 12.4 Å². The topological polar surface area (TPSA) is 188 Å². The molecule has 5 aromatic rings. The number of halogens is 1. The van der Waals surface area contributed by atoms with Crippen molar-refractivity contribution in [1.29, 1.82) is 0 Å². The zero-order valence-electron chi connectivity index (χ0n) is 23.9. The maximum Gasteiger partial charge on any atom is 0.354 e. The highest BCUT2D eigenvalue weighted by Crippen LogP contribution is 2.35. The van der Waals surface area contributed by atoms with Gasteiger partial charge in [-0.15, -0.1) is 12.4 Å². The van der Waals surface area contributed by atoms with Crippen LogP contribution in [0, 0.1) is 13.8 Å². The summed E-state index contributed by atoms with van der Waals surface area (Å²) in [6.45, 7) is 7.90. The van der Waals surface area contributed by atoms with Crippen LogP contribution in [0.25, 0.3) is 16.9 Å². The van der Waals surface area contributed by atoms with Crippen LogP contribution in [-0.4, -0.2) is 54.1 Å². The number of amides is 1. The zero-order chi connectivity index (χ0) is 30.7. The quantitative estimate of drug-likeness (QED) is 0.168. The maximum atomic E-state index is 13.0. The van der Waals surface area contributed by atoms with Crippen molar-refractivity contribution in [2.24, 2.45) is 5.73 Å². The van der Waals surface area contributed by atoms with Gasteiger partial charge in [0.25, 0.3) is 11.7 Å². The van der Waals surface area contributed by atoms with Crippen LogP contribution in [0.3, 0.4) is 0 Å². The summed E-state index contributed by atoms with van der Waals surface area (Å²) in [4.78, 5) is 48.5. The first kappa shape index (κ1) is 34.4. The van der Waals surface area contributed by atoms with Crippen LogP contribution in [-0.2, 0) is 17.7 Å². The van der Waals surface area contributed by atoms with Crippen LogP contribution in [0.15, 0.2) is 59.8 Å². The number of rotatable bonds is 7. The Balaban J connectivity index is 0.000000332. The number of nitrogens with one attached hydrogen (secondary N) is 1. The molecule has 0 bridgehead atoms. The van der Waals surface area contributed by atoms with Gasteiger partial charge in [-0.25, -0.2) is 19.6 Å². The second kappa shape index (κ2) is 14.6. The summed E-state index contributed by atoms with van der Waals surface area (Å²) in [6.07, 6.45) is 4.04. The molecule has 1 amide bonds. The summed E-state index contributed by atoms with van der Waals surface area (Å²) in [5, 5.41) is 16.2. The van der Waals surface area contributed by atoms with E-state index >= 15 is 0 Å². The summed E-state index contributed by atoms with van der Waals surface area (Å²) in [7, 11) is 0. The largest absolute Gasteiger partial charge is 0.477 e. The number of hydrogen-bond donors (Lipinski definition) is 3. The summed E-state index contributed by atoms with van der Waals surface area (Å²) >= 11 is 0. The Morgan fingerprint density at radius 3 is 2.69 bits per heavy atom. The number of carbonyl (C=O) groups excluding carboxylic acids is 2. The number of nitrogens with two attached hydrogens (primary N) is 1. The molecule has 2 aromatic carbocycles. The first-order valence-electron chi connectivity index (χ1n) is 13.4. The number of oxazole rings is 1. The van der Waals surface area contributed by atoms with Gasteiger partial charge in [-0.2, -0.15) is 14.6 Å². The van der Waals surface area contributed by atoms with Gasteiger partial charge in [-0.1, -0.05) is 32.2 Å². The number of hydrogen-bond acceptors (Lipinski definition) is 10. The number of carbonyl (C=O) groups is 3. The van der Waals surface area contributed by atoms with Crippen molar-refractivity contribution in [3.63, 3.8) is 0 Å². The number of esters is 1. The number of benzene rings is 2. The molecule has 0 radical (unpaired) electrons. The van der Waals surface area contributed by atoms with Gasteiger partial charge in [0, 0.05) is 19.5 Å². The summed E-state index contributed by atoms with van der Waals surface area (Å²) in [6, 6.07) is 10.2. The summed E-state index contributed by atoms with van der Waals surface area (Å²) in [5.41, 5.74) is 11.2. The van der Waals surface area contributed by atoms with Crippen LogP contribution in [0.5, 0.6) is 0 Å². The van der Waals surface area contributed by atoms with Gasteiger partial charge >= 0.3 is 11.9 Å². The molecule has 3 aromatic heterocycles. The lowest BCUT2D eigenvalue weighted by atomic mass is 9.98. The second-order valence-electron chi connectivity index (χ2n) is 9.80. The minimum atomic E-state index is -1.27. The van der Waals surface area contributed by atoms with E-state index in [-0.39, 0.29) is 49.6 Å². The van der Waals surface area contributed by atoms with Crippen molar-refractivity contribution in [1.82, 2.24) is 29.9 Å². The molecule has 14 heteroatoms. The molecule has 0 aliphatic heterocycles. The maximum absolute atomic E-state index is 13.0. The lowest BCUT2D eigenvalue weighted by Crippen LogP contribution is -2.29. The standard InChI is InChI=1S/C21H19N5O5.C9H10N2O.CH4.ClH/c1-3-8-31-20(30)13-4-5-14-12(11(13)2)6-7-15(14)24-18(27)17-9-16(19(28)29)25-21-22-10-23-26(17)21;1-6-11-8-4-7(5-10)2-3-9(8)12-6;;/h3-5,9-10,15H,1,6-8H2,2H3,(H,24,27)(H,28,29);2-4H,5,10H2,1H3;1H4;1H/t15-;;;/m0.../s1. The number of carboxylic acids is 1. The number of carboxylic acid groups (broad SMARTS) is 1. The van der Waals surface area contributed by atoms with E-state index in [1.54, 1.807) is 6.07 Å². The number of aryl methyl sites for hydroxylation is 1. The molecule has 1 aliphatic rings. The third-order valence-electron chi connectivity index (χ3n) is 7.05. The Morgan fingerprint density at radius 1 is 1.20 bits per heavy atom. The zero-order valence-corrected chi connectivity index (χ0v) is 24.8. The van der Waals surface area contributed by atoms with Crippen LogP contribution in [0.1, 0.15) is 79.4 Å². The smallest absolute Gasteiger partial charge is 0.354 e. The molecule has 0 saturated heterocycles. The minimum Gasteiger partial charge on any atom is -0.477 e. The van der Waals surface area contributed by atoms with Crippen molar-refractivity contribution >= 4 is 47.1 Å². The fraction of sp³-hybridized carbons (Fsp3) is 0.258. The van der Waals surface area contributed by atoms with Crippen LogP contribution in [0.4, 0.5) is 0 Å². The van der Waals surface area contributed by atoms with Gasteiger partial charge in [0.05, 0.1) is 11.6 Å². The van der Waals surface area contributed by atoms with Gasteiger partial charge in [0.15, 0.2) is 17.2 Å². The molecular weight excluding hydrogens is 602 g/mol. The average Bonchev–Trinajstić information content (AvgIpc) is 3.73. The first-order chi connectivity index (χ1) is 20.7. The van der Waals surface area contributed by atoms with Crippen molar-refractivity contribution in [3.8, 4) is 0 Å². The van der Waals surface area contributed by atoms with Crippen molar-refractivity contribution in [3.05, 3.63) is 100 Å². The number of ether oxygens (including phenoxy) is 1. The summed E-state index contributed by atoms with van der Waals surface area (Å²) in [5.74, 6) is -1.46. The lowest BCUT2D eigenvalue weighted by molar-refractivity contribution is 0.0548. The molecule has 236 valence electrons. The van der Waals surface area contributed by atoms with E-state index in [0.717, 1.165) is 33.4 Å². The molecule has 0 spiro atoms. The first-order valence-corrected chi connectivity index (χ1v) is 13.4. The van der Waals surface area contributed by atoms with E-state index in [4.69, 9.17) is 14.9 Å². The number of aromatic carboxylic acids is 1. The van der Waals surface area contributed by atoms with E-state index in [2.05, 4.69) is 31.9 Å². The third kappa shape index (κ3) is 7.16. The molecule has 1 aliphatic carbocycles. The monoisotopic (exact) mass is 635 g/mol. The van der Waals surface area contributed by atoms with Gasteiger partial charge in [-0.3, -0.25) is 4.79 Å². The van der Waals surface area contributed by atoms with Gasteiger partial charge in [0.1, 0.15) is 24.1 Å². The second-order valence-corrected chi connectivity index (χ2v) is 9.80. The predicted octanol–water partition coefficient (Wildman–Crippen LogP) is 4.54. The van der Waals surface area contributed by atoms with E-state index in [1.165, 1.54) is 23.0 Å². The Hall–Kier alpha value is -5.14. The normalized spacial score (nSPS) is 13.1. The van der Waals surface area contributed by atoms with E-state index in [9.17, 15) is 19.5 Å². The van der Waals surface area contributed by atoms with Crippen molar-refractivity contribution < 1.29 is 28.6 Å². The predicted molar refractivity (Wildman–Crippen MR) is 169 cm³/mol. The SMILES string of the molecule is C.C=CCOC(=O)c1ccc2c(c1C)CC[C@@H]2NC(=O)c1cc(C(=O)O)nc2ncnn12.Cc1nc2cc(CN)ccc2o1.Cl. The molecule has 1 atom stereocenters. The number of nitrogens with zero attached hydrogens (tertiary/aromatic N) is 5. The Morgan fingerprint density at radius 2 is 1.98 bits per heavy atom. The lowest BCUT2D eigenvalue weighted by Gasteiger charge is -2.16. The third-order valence-corrected chi connectivity index (χ3v) is 7.05. The van der Waals surface area contributed by atoms with Gasteiger partial charge in [0.2, 0.25) is 0 Å². The van der Waals surface area contributed by atoms with Crippen molar-refractivity contribution in [2.75, 3.05) is 6.61 Å². The molecule has 13 nitrogen and oxygen atoms in total. The van der Waals surface area contributed by atoms with E-state index < -0.39 is 17.8 Å². The van der Waals surface area contributed by atoms with Crippen LogP contribution in [0.2, 0.25) is 0 Å². The molecule has 3 heterocycles. The highest BCUT2D eigenvalue weighted by Gasteiger charge is 2.29. The summed E-state index contributed by atoms with van der Waals surface area (Å²) < 4.78 is 11.6. The molecule has 45 heavy (non-hydrogen) atoms. The van der Waals surface area contributed by atoms with Gasteiger partial charge < -0.3 is 25.3 Å². The highest BCUT2D eigenvalue weighted by molar-refractivity contribution is 5.96. The minimum absolute atomic E-state index is 0. The molecular formula is C31H34ClN7O6. The van der Waals surface area contributed by atoms with Crippen molar-refractivity contribution in [2.45, 2.75) is 46.7 Å². The Labute approximate surface area is 264 Å². The fourth-order valence-electron chi connectivity index (χ4n) is 4.99. The number of aromatic nitrogens is 5. The average molecular weight is 636 g/mol. The molecule has 0 fully saturated rings. The van der Waals surface area contributed by atoms with Crippen LogP contribution < -0.4 is 11.1 Å².